The molecule has 13 heteroatoms. The number of amides is 4. The van der Waals surface area contributed by atoms with Crippen molar-refractivity contribution in [3.63, 3.8) is 0 Å². The number of rotatable bonds is 16. The Hall–Kier alpha value is -3.45. The molecule has 4 amide bonds. The second kappa shape index (κ2) is 17.3. The summed E-state index contributed by atoms with van der Waals surface area (Å²) >= 11 is 0. The van der Waals surface area contributed by atoms with Crippen LogP contribution in [0.5, 0.6) is 0 Å². The van der Waals surface area contributed by atoms with E-state index < -0.39 is 27.2 Å². The molecule has 0 aliphatic carbocycles. The summed E-state index contributed by atoms with van der Waals surface area (Å²) in [6.07, 6.45) is 12.5. The van der Waals surface area contributed by atoms with Crippen LogP contribution in [0, 0.1) is 13.8 Å². The highest BCUT2D eigenvalue weighted by Crippen LogP contribution is 2.32. The number of hydrogen-bond donors (Lipinski definition) is 3. The SMILES string of the molecule is Cc1cc(N(C)C(N)=O)cc(C)c1/C=C/S(=O)(=O)N1CCC2(CC1)N=C(CCCCCCCCCCCNC(=O)OC(C)(C)C)NC2=O. The second-order valence-electron chi connectivity index (χ2n) is 14.0. The lowest BCUT2D eigenvalue weighted by atomic mass is 9.89. The van der Waals surface area contributed by atoms with Crippen molar-refractivity contribution in [2.45, 2.75) is 123 Å². The van der Waals surface area contributed by atoms with Gasteiger partial charge in [-0.05, 0) is 95.2 Å². The van der Waals surface area contributed by atoms with Crippen LogP contribution in [-0.4, -0.2) is 74.4 Å². The van der Waals surface area contributed by atoms with Crippen molar-refractivity contribution in [1.29, 1.82) is 0 Å². The summed E-state index contributed by atoms with van der Waals surface area (Å²) in [6, 6.07) is 3.01. The van der Waals surface area contributed by atoms with Crippen LogP contribution < -0.4 is 21.3 Å². The van der Waals surface area contributed by atoms with E-state index in [1.165, 1.54) is 33.9 Å². The number of benzene rings is 1. The molecule has 0 unspecified atom stereocenters. The molecule has 3 rings (SSSR count). The van der Waals surface area contributed by atoms with Crippen LogP contribution in [0.2, 0.25) is 0 Å². The number of aliphatic imine (C=N–C) groups is 1. The molecule has 12 nitrogen and oxygen atoms in total. The van der Waals surface area contributed by atoms with E-state index in [-0.39, 0.29) is 25.1 Å². The lowest BCUT2D eigenvalue weighted by Gasteiger charge is -2.34. The molecule has 0 aromatic heterocycles. The quantitative estimate of drug-likeness (QED) is 0.183. The van der Waals surface area contributed by atoms with E-state index in [4.69, 9.17) is 15.5 Å². The molecule has 48 heavy (non-hydrogen) atoms. The van der Waals surface area contributed by atoms with Crippen molar-refractivity contribution in [2.75, 3.05) is 31.6 Å². The van der Waals surface area contributed by atoms with Crippen LogP contribution in [0.3, 0.4) is 0 Å². The molecule has 1 aromatic rings. The van der Waals surface area contributed by atoms with Gasteiger partial charge in [0.25, 0.3) is 5.91 Å². The van der Waals surface area contributed by atoms with Crippen molar-refractivity contribution in [1.82, 2.24) is 14.9 Å². The first-order valence-electron chi connectivity index (χ1n) is 17.2. The van der Waals surface area contributed by atoms with Crippen LogP contribution in [0.15, 0.2) is 22.5 Å². The van der Waals surface area contributed by atoms with E-state index in [9.17, 15) is 22.8 Å². The maximum Gasteiger partial charge on any atom is 0.407 e. The molecular weight excluding hydrogens is 632 g/mol. The predicted octanol–water partition coefficient (Wildman–Crippen LogP) is 5.91. The van der Waals surface area contributed by atoms with Gasteiger partial charge in [-0.2, -0.15) is 4.31 Å². The largest absolute Gasteiger partial charge is 0.444 e. The third kappa shape index (κ3) is 11.6. The van der Waals surface area contributed by atoms with Gasteiger partial charge in [-0.15, -0.1) is 0 Å². The van der Waals surface area contributed by atoms with Crippen molar-refractivity contribution < 1.29 is 27.5 Å². The van der Waals surface area contributed by atoms with Gasteiger partial charge in [-0.3, -0.25) is 14.7 Å². The Labute approximate surface area is 287 Å². The second-order valence-corrected chi connectivity index (χ2v) is 15.9. The molecule has 2 aliphatic heterocycles. The number of urea groups is 1. The molecule has 0 atom stereocenters. The number of aryl methyl sites for hydroxylation is 2. The van der Waals surface area contributed by atoms with Crippen molar-refractivity contribution >= 4 is 45.7 Å². The lowest BCUT2D eigenvalue weighted by Crippen LogP contribution is -2.50. The van der Waals surface area contributed by atoms with Gasteiger partial charge in [0, 0.05) is 44.2 Å². The van der Waals surface area contributed by atoms with Crippen LogP contribution in [0.4, 0.5) is 15.3 Å². The molecule has 1 aromatic carbocycles. The topological polar surface area (TPSA) is 163 Å². The van der Waals surface area contributed by atoms with Crippen molar-refractivity contribution in [2.24, 2.45) is 10.7 Å². The molecule has 1 spiro atoms. The molecule has 0 radical (unpaired) electrons. The van der Waals surface area contributed by atoms with E-state index in [1.807, 2.05) is 34.6 Å². The van der Waals surface area contributed by atoms with E-state index in [1.54, 1.807) is 25.3 Å². The highest BCUT2D eigenvalue weighted by molar-refractivity contribution is 7.92. The first-order valence-corrected chi connectivity index (χ1v) is 18.7. The molecule has 2 heterocycles. The van der Waals surface area contributed by atoms with E-state index in [2.05, 4.69) is 10.6 Å². The fourth-order valence-electron chi connectivity index (χ4n) is 6.09. The first-order chi connectivity index (χ1) is 22.5. The normalized spacial score (nSPS) is 16.6. The number of carbonyl (C=O) groups is 3. The third-order valence-corrected chi connectivity index (χ3v) is 10.5. The van der Waals surface area contributed by atoms with Gasteiger partial charge in [0.05, 0.1) is 0 Å². The summed E-state index contributed by atoms with van der Waals surface area (Å²) in [4.78, 5) is 42.3. The summed E-state index contributed by atoms with van der Waals surface area (Å²) in [5.41, 5.74) is 7.07. The van der Waals surface area contributed by atoms with Crippen LogP contribution in [-0.2, 0) is 19.6 Å². The molecule has 0 saturated carbocycles. The van der Waals surface area contributed by atoms with E-state index >= 15 is 0 Å². The maximum absolute atomic E-state index is 13.2. The molecule has 1 fully saturated rings. The first kappa shape index (κ1) is 39.0. The smallest absolute Gasteiger partial charge is 0.407 e. The lowest BCUT2D eigenvalue weighted by molar-refractivity contribution is -0.124. The number of alkyl carbamates (subject to hydrolysis) is 1. The van der Waals surface area contributed by atoms with Gasteiger partial charge >= 0.3 is 12.1 Å². The molecule has 4 N–H and O–H groups in total. The minimum atomic E-state index is -3.71. The Balaban J connectivity index is 1.35. The molecule has 1 saturated heterocycles. The molecule has 0 bridgehead atoms. The zero-order valence-corrected chi connectivity index (χ0v) is 30.5. The van der Waals surface area contributed by atoms with Crippen molar-refractivity contribution in [3.8, 4) is 0 Å². The number of carbonyl (C=O) groups excluding carboxylic acids is 3. The number of hydrogen-bond acceptors (Lipinski definition) is 7. The number of sulfonamides is 1. The number of amidine groups is 1. The fraction of sp³-hybridized carbons (Fsp3) is 0.657. The highest BCUT2D eigenvalue weighted by Gasteiger charge is 2.46. The number of nitrogens with two attached hydrogens (primary N) is 1. The summed E-state index contributed by atoms with van der Waals surface area (Å²) in [5.74, 6) is 0.589. The number of anilines is 1. The van der Waals surface area contributed by atoms with Crippen LogP contribution >= 0.6 is 0 Å². The summed E-state index contributed by atoms with van der Waals surface area (Å²) in [6.45, 7) is 10.4. The van der Waals surface area contributed by atoms with Crippen molar-refractivity contribution in [3.05, 3.63) is 34.2 Å². The maximum atomic E-state index is 13.2. The van der Waals surface area contributed by atoms with Gasteiger partial charge in [-0.25, -0.2) is 18.0 Å². The predicted molar refractivity (Wildman–Crippen MR) is 191 cm³/mol. The zero-order valence-electron chi connectivity index (χ0n) is 29.7. The Morgan fingerprint density at radius 2 is 1.56 bits per heavy atom. The van der Waals surface area contributed by atoms with Crippen LogP contribution in [0.25, 0.3) is 6.08 Å². The highest BCUT2D eigenvalue weighted by atomic mass is 32.2. The summed E-state index contributed by atoms with van der Waals surface area (Å²) in [5, 5.41) is 6.98. The number of primary amides is 1. The van der Waals surface area contributed by atoms with Gasteiger partial charge in [0.1, 0.15) is 17.0 Å². The number of piperidine rings is 1. The Morgan fingerprint density at radius 3 is 2.10 bits per heavy atom. The summed E-state index contributed by atoms with van der Waals surface area (Å²) in [7, 11) is -2.12. The fourth-order valence-corrected chi connectivity index (χ4v) is 7.26. The Kier molecular flexibility index (Phi) is 14.0. The van der Waals surface area contributed by atoms with E-state index in [0.29, 0.717) is 30.9 Å². The average molecular weight is 689 g/mol. The van der Waals surface area contributed by atoms with Gasteiger partial charge in [0.15, 0.2) is 0 Å². The summed E-state index contributed by atoms with van der Waals surface area (Å²) < 4.78 is 33.0. The number of nitrogens with one attached hydrogen (secondary N) is 2. The molecule has 2 aliphatic rings. The minimum absolute atomic E-state index is 0.126. The number of unbranched alkanes of at least 4 members (excludes halogenated alkanes) is 8. The van der Waals surface area contributed by atoms with Gasteiger partial charge in [0.2, 0.25) is 10.0 Å². The monoisotopic (exact) mass is 688 g/mol. The van der Waals surface area contributed by atoms with Gasteiger partial charge < -0.3 is 21.1 Å². The Morgan fingerprint density at radius 1 is 1.02 bits per heavy atom. The number of ether oxygens (including phenoxy) is 1. The van der Waals surface area contributed by atoms with Crippen LogP contribution in [0.1, 0.15) is 115 Å². The standard InChI is InChI=1S/C35H56N6O6S/c1-26-24-28(40(6)32(36)43)25-27(2)29(26)17-23-48(45,46)41-21-18-35(19-22-41)31(42)38-30(39-35)16-14-12-10-8-7-9-11-13-15-20-37-33(44)47-34(3,4)5/h17,23-25H,7-16,18-22H2,1-6H3,(H2,36,43)(H,37,44)(H,38,39,42)/b23-17+. The zero-order chi connectivity index (χ0) is 35.5. The average Bonchev–Trinajstić information content (AvgIpc) is 3.29. The molecule has 268 valence electrons. The third-order valence-electron chi connectivity index (χ3n) is 8.90. The van der Waals surface area contributed by atoms with Gasteiger partial charge in [-0.1, -0.05) is 44.9 Å². The minimum Gasteiger partial charge on any atom is -0.444 e. The number of nitrogens with zero attached hydrogens (tertiary/aromatic N) is 3. The molecular formula is C35H56N6O6S. The Bertz CT molecular complexity index is 1430. The van der Waals surface area contributed by atoms with E-state index in [0.717, 1.165) is 61.6 Å².